The van der Waals surface area contributed by atoms with Crippen molar-refractivity contribution in [1.82, 2.24) is 0 Å². The number of benzene rings is 1. The van der Waals surface area contributed by atoms with Crippen LogP contribution in [0.1, 0.15) is 50.9 Å². The van der Waals surface area contributed by atoms with Gasteiger partial charge in [0.25, 0.3) is 0 Å². The van der Waals surface area contributed by atoms with E-state index >= 15 is 0 Å². The van der Waals surface area contributed by atoms with Crippen molar-refractivity contribution in [3.8, 4) is 5.75 Å². The molecule has 2 saturated heterocycles. The fourth-order valence-electron chi connectivity index (χ4n) is 3.54. The number of unbranched alkanes of at least 4 members (excludes halogenated alkanes) is 1. The van der Waals surface area contributed by atoms with Gasteiger partial charge in [-0.15, -0.1) is 0 Å². The number of ether oxygens (including phenoxy) is 5. The predicted molar refractivity (Wildman–Crippen MR) is 99.1 cm³/mol. The molecule has 164 valence electrons. The molecule has 0 saturated carbocycles. The highest BCUT2D eigenvalue weighted by atomic mass is 19.3. The number of alkyl halides is 2. The lowest BCUT2D eigenvalue weighted by Gasteiger charge is -2.32. The quantitative estimate of drug-likeness (QED) is 0.562. The van der Waals surface area contributed by atoms with Crippen LogP contribution in [0.3, 0.4) is 0 Å². The van der Waals surface area contributed by atoms with Gasteiger partial charge in [0.1, 0.15) is 0 Å². The summed E-state index contributed by atoms with van der Waals surface area (Å²) < 4.78 is 65.4. The fourth-order valence-corrected chi connectivity index (χ4v) is 3.54. The first kappa shape index (κ1) is 22.3. The molecule has 2 aliphatic rings. The lowest BCUT2D eigenvalue weighted by Crippen LogP contribution is -2.33. The Hall–Kier alpha value is -1.35. The maximum atomic E-state index is 13.9. The molecule has 0 spiro atoms. The summed E-state index contributed by atoms with van der Waals surface area (Å²) in [5.74, 6) is -0.684. The maximum Gasteiger partial charge on any atom is 0.387 e. The molecule has 0 unspecified atom stereocenters. The highest BCUT2D eigenvalue weighted by Crippen LogP contribution is 2.31. The second-order valence-corrected chi connectivity index (χ2v) is 7.61. The normalized spacial score (nSPS) is 27.9. The fraction of sp³-hybridized carbons (Fsp3) is 0.714. The summed E-state index contributed by atoms with van der Waals surface area (Å²) in [6, 6.07) is 3.72. The van der Waals surface area contributed by atoms with Crippen molar-refractivity contribution in [2.75, 3.05) is 26.4 Å². The van der Waals surface area contributed by atoms with E-state index in [1.807, 2.05) is 0 Å². The summed E-state index contributed by atoms with van der Waals surface area (Å²) in [4.78, 5) is 0. The molecule has 5 nitrogen and oxygen atoms in total. The Kier molecular flexibility index (Phi) is 8.59. The Labute approximate surface area is 169 Å². The van der Waals surface area contributed by atoms with Gasteiger partial charge in [0, 0.05) is 17.4 Å². The molecule has 0 N–H and O–H groups in total. The molecule has 8 heteroatoms. The monoisotopic (exact) mass is 418 g/mol. The van der Waals surface area contributed by atoms with Crippen LogP contribution in [-0.4, -0.2) is 39.3 Å². The molecule has 1 aromatic carbocycles. The molecule has 29 heavy (non-hydrogen) atoms. The van der Waals surface area contributed by atoms with Crippen LogP contribution in [0.15, 0.2) is 18.2 Å². The van der Waals surface area contributed by atoms with Crippen LogP contribution in [0.25, 0.3) is 0 Å². The van der Waals surface area contributed by atoms with Gasteiger partial charge < -0.3 is 23.7 Å². The van der Waals surface area contributed by atoms with E-state index in [4.69, 9.17) is 18.9 Å². The van der Waals surface area contributed by atoms with E-state index in [-0.39, 0.29) is 12.2 Å². The highest BCUT2D eigenvalue weighted by molar-refractivity contribution is 5.30. The van der Waals surface area contributed by atoms with E-state index in [2.05, 4.69) is 11.7 Å². The summed E-state index contributed by atoms with van der Waals surface area (Å²) in [5.41, 5.74) is 0.430. The van der Waals surface area contributed by atoms with Crippen molar-refractivity contribution in [2.45, 2.75) is 58.2 Å². The van der Waals surface area contributed by atoms with Crippen molar-refractivity contribution in [3.63, 3.8) is 0 Å². The highest BCUT2D eigenvalue weighted by Gasteiger charge is 2.27. The van der Waals surface area contributed by atoms with Gasteiger partial charge in [-0.05, 0) is 31.4 Å². The van der Waals surface area contributed by atoms with Crippen molar-refractivity contribution in [1.29, 1.82) is 0 Å². The Balaban J connectivity index is 1.37. The van der Waals surface area contributed by atoms with Gasteiger partial charge in [0.2, 0.25) is 0 Å². The molecule has 0 atom stereocenters. The lowest BCUT2D eigenvalue weighted by atomic mass is 10.0. The Morgan fingerprint density at radius 1 is 0.966 bits per heavy atom. The minimum absolute atomic E-state index is 0.179. The van der Waals surface area contributed by atoms with Gasteiger partial charge in [-0.3, -0.25) is 0 Å². The molecule has 0 aromatic heterocycles. The Bertz CT molecular complexity index is 614. The summed E-state index contributed by atoms with van der Waals surface area (Å²) in [6.45, 7) is 1.54. The standard InChI is InChI=1S/C21H29F3O5/c1-2-3-4-14-10-25-19(26-11-14)8-5-15-12-27-20(28-13-15)16-6-7-18(17(22)9-16)29-21(23)24/h6-7,9,14-15,19-21H,2-5,8,10-13H2,1H3/t14-,15-,19-,20-. The third-order valence-electron chi connectivity index (χ3n) is 5.22. The van der Waals surface area contributed by atoms with E-state index in [1.165, 1.54) is 18.9 Å². The number of rotatable bonds is 9. The van der Waals surface area contributed by atoms with Gasteiger partial charge in [-0.1, -0.05) is 25.8 Å². The third kappa shape index (κ3) is 6.84. The number of hydrogen-bond acceptors (Lipinski definition) is 5. The zero-order chi connectivity index (χ0) is 20.6. The van der Waals surface area contributed by atoms with Crippen molar-refractivity contribution < 1.29 is 36.9 Å². The first-order valence-electron chi connectivity index (χ1n) is 10.3. The van der Waals surface area contributed by atoms with Crippen LogP contribution in [0.4, 0.5) is 13.2 Å². The van der Waals surface area contributed by atoms with Crippen LogP contribution in [-0.2, 0) is 18.9 Å². The van der Waals surface area contributed by atoms with Crippen LogP contribution in [0, 0.1) is 17.7 Å². The molecule has 3 rings (SSSR count). The van der Waals surface area contributed by atoms with Crippen molar-refractivity contribution in [3.05, 3.63) is 29.6 Å². The maximum absolute atomic E-state index is 13.9. The van der Waals surface area contributed by atoms with Gasteiger partial charge in [-0.2, -0.15) is 8.78 Å². The molecule has 0 amide bonds. The Morgan fingerprint density at radius 2 is 1.62 bits per heavy atom. The van der Waals surface area contributed by atoms with Crippen LogP contribution in [0.2, 0.25) is 0 Å². The molecule has 0 aliphatic carbocycles. The lowest BCUT2D eigenvalue weighted by molar-refractivity contribution is -0.220. The zero-order valence-corrected chi connectivity index (χ0v) is 16.7. The molecule has 1 aromatic rings. The summed E-state index contributed by atoms with van der Waals surface area (Å²) >= 11 is 0. The SMILES string of the molecule is CCCC[C@H]1CO[C@H](CC[C@H]2CO[C@H](c3ccc(OC(F)F)c(F)c3)OC2)OC1. The molecule has 2 aliphatic heterocycles. The predicted octanol–water partition coefficient (Wildman–Crippen LogP) is 5.05. The van der Waals surface area contributed by atoms with E-state index in [0.717, 1.165) is 44.6 Å². The molecular formula is C21H29F3O5. The van der Waals surface area contributed by atoms with E-state index in [0.29, 0.717) is 24.7 Å². The molecule has 0 bridgehead atoms. The largest absolute Gasteiger partial charge is 0.432 e. The smallest absolute Gasteiger partial charge is 0.387 e. The summed E-state index contributed by atoms with van der Waals surface area (Å²) in [6.07, 6.45) is 4.24. The van der Waals surface area contributed by atoms with Crippen molar-refractivity contribution in [2.24, 2.45) is 11.8 Å². The van der Waals surface area contributed by atoms with Gasteiger partial charge in [0.15, 0.2) is 24.1 Å². The second kappa shape index (κ2) is 11.2. The van der Waals surface area contributed by atoms with Crippen LogP contribution in [0.5, 0.6) is 5.75 Å². The topological polar surface area (TPSA) is 46.2 Å². The molecule has 2 heterocycles. The summed E-state index contributed by atoms with van der Waals surface area (Å²) in [7, 11) is 0. The van der Waals surface area contributed by atoms with Gasteiger partial charge in [-0.25, -0.2) is 4.39 Å². The minimum Gasteiger partial charge on any atom is -0.432 e. The van der Waals surface area contributed by atoms with E-state index in [1.54, 1.807) is 0 Å². The average Bonchev–Trinajstić information content (AvgIpc) is 2.73. The number of hydrogen-bond donors (Lipinski definition) is 0. The van der Waals surface area contributed by atoms with Crippen LogP contribution < -0.4 is 4.74 Å². The van der Waals surface area contributed by atoms with Crippen LogP contribution >= 0.6 is 0 Å². The minimum atomic E-state index is -3.07. The summed E-state index contributed by atoms with van der Waals surface area (Å²) in [5, 5.41) is 0. The molecular weight excluding hydrogens is 389 g/mol. The Morgan fingerprint density at radius 3 is 2.24 bits per heavy atom. The average molecular weight is 418 g/mol. The first-order valence-corrected chi connectivity index (χ1v) is 10.3. The third-order valence-corrected chi connectivity index (χ3v) is 5.22. The van der Waals surface area contributed by atoms with E-state index < -0.39 is 24.5 Å². The van der Waals surface area contributed by atoms with E-state index in [9.17, 15) is 13.2 Å². The first-order chi connectivity index (χ1) is 14.0. The van der Waals surface area contributed by atoms with Crippen molar-refractivity contribution >= 4 is 0 Å². The number of halogens is 3. The van der Waals surface area contributed by atoms with Gasteiger partial charge in [0.05, 0.1) is 26.4 Å². The molecule has 0 radical (unpaired) electrons. The molecule has 2 fully saturated rings. The van der Waals surface area contributed by atoms with Gasteiger partial charge >= 0.3 is 6.61 Å². The zero-order valence-electron chi connectivity index (χ0n) is 16.7. The second-order valence-electron chi connectivity index (χ2n) is 7.61.